The summed E-state index contributed by atoms with van der Waals surface area (Å²) in [4.78, 5) is 0. The topological polar surface area (TPSA) is 0 Å². The maximum Gasteiger partial charge on any atom is 2.00 e. The van der Waals surface area contributed by atoms with Crippen LogP contribution in [0.2, 0.25) is 0 Å². The fourth-order valence-electron chi connectivity index (χ4n) is 0. The Bertz CT molecular complexity index is 9.61. The number of rotatable bonds is 0. The average Bonchev–Trinajstić information content (AvgIpc) is 0. The van der Waals surface area contributed by atoms with Crippen LogP contribution in [-0.2, 0) is 73.8 Å². The molecule has 5 heteroatoms. The zero-order chi connectivity index (χ0) is 0. The molecule has 0 aliphatic rings. The first-order chi connectivity index (χ1) is 0. The third-order valence-corrected chi connectivity index (χ3v) is 0. The van der Waals surface area contributed by atoms with E-state index in [9.17, 15) is 0 Å². The van der Waals surface area contributed by atoms with Gasteiger partial charge in [-0.1, -0.05) is 0 Å². The fraction of sp³-hybridized carbons (Fsp3) is 0. The minimum absolute atomic E-state index is 0. The van der Waals surface area contributed by atoms with Crippen molar-refractivity contribution in [2.24, 2.45) is 0 Å². The second-order valence-corrected chi connectivity index (χ2v) is 0. The third-order valence-electron chi connectivity index (χ3n) is 0. The molecule has 0 aliphatic heterocycles. The van der Waals surface area contributed by atoms with Crippen LogP contribution < -0.4 is 0 Å². The first kappa shape index (κ1) is 46.5. The standard InChI is InChI=1S/Cd.2S.H2Se.Zn/h;;;1H2;/q+2;2*-2;;+2. The van der Waals surface area contributed by atoms with E-state index in [0.717, 1.165) is 0 Å². The van der Waals surface area contributed by atoms with Crippen LogP contribution >= 0.6 is 0 Å². The van der Waals surface area contributed by atoms with E-state index in [0.29, 0.717) is 0 Å². The quantitative estimate of drug-likeness (QED) is 0.506. The zero-order valence-electron chi connectivity index (χ0n) is 2.73. The molecular formula is H2CdS2SeZn. The molecule has 0 aromatic carbocycles. The minimum Gasteiger partial charge on any atom is 2.00 e. The van der Waals surface area contributed by atoms with Crippen LogP contribution in [0.1, 0.15) is 0 Å². The molecule has 0 bridgehead atoms. The van der Waals surface area contributed by atoms with Crippen molar-refractivity contribution < 1.29 is 46.8 Å². The Kier molecular flexibility index (Phi) is 273. The second kappa shape index (κ2) is 29.4. The van der Waals surface area contributed by atoms with Gasteiger partial charge in [-0.3, -0.25) is 0 Å². The van der Waals surface area contributed by atoms with E-state index in [1.807, 2.05) is 0 Å². The predicted octanol–water partition coefficient (Wildman–Crippen LogP) is -0.926. The molecule has 0 atom stereocenters. The molecule has 0 N–H and O–H groups in total. The molecule has 0 amide bonds. The van der Waals surface area contributed by atoms with Crippen LogP contribution in [0.3, 0.4) is 0 Å². The summed E-state index contributed by atoms with van der Waals surface area (Å²) in [5.74, 6) is 0. The SMILES string of the molecule is [Cd+2].[S-2].[S-2].[SeH2].[Zn+2]. The molecular weight excluding hydrogens is 321 g/mol. The van der Waals surface area contributed by atoms with Crippen molar-refractivity contribution in [3.8, 4) is 0 Å². The van der Waals surface area contributed by atoms with E-state index in [-0.39, 0.29) is 90.8 Å². The molecule has 24 valence electrons. The number of hydrogen-bond donors (Lipinski definition) is 0. The molecule has 0 radical (unpaired) electrons. The van der Waals surface area contributed by atoms with E-state index < -0.39 is 0 Å². The van der Waals surface area contributed by atoms with E-state index >= 15 is 0 Å². The van der Waals surface area contributed by atoms with Gasteiger partial charge in [0.2, 0.25) is 0 Å². The average molecular weight is 323 g/mol. The fourth-order valence-corrected chi connectivity index (χ4v) is 0. The Balaban J connectivity index is 0. The smallest absolute Gasteiger partial charge is 2.00 e. The molecule has 0 heterocycles. The summed E-state index contributed by atoms with van der Waals surface area (Å²) in [6.45, 7) is 0. The molecule has 0 nitrogen and oxygen atoms in total. The van der Waals surface area contributed by atoms with Crippen LogP contribution in [0, 0.1) is 0 Å². The molecule has 0 rings (SSSR count). The van der Waals surface area contributed by atoms with E-state index in [2.05, 4.69) is 0 Å². The first-order valence-corrected chi connectivity index (χ1v) is 0. The van der Waals surface area contributed by atoms with Gasteiger partial charge in [-0.15, -0.1) is 0 Å². The first-order valence-electron chi connectivity index (χ1n) is 0. The summed E-state index contributed by atoms with van der Waals surface area (Å²) in [6.07, 6.45) is 0. The van der Waals surface area contributed by atoms with Gasteiger partial charge in [0.25, 0.3) is 0 Å². The van der Waals surface area contributed by atoms with Crippen LogP contribution in [0.15, 0.2) is 0 Å². The van der Waals surface area contributed by atoms with Gasteiger partial charge in [0.15, 0.2) is 0 Å². The van der Waals surface area contributed by atoms with Gasteiger partial charge in [0, 0.05) is 0 Å². The van der Waals surface area contributed by atoms with Gasteiger partial charge in [0.05, 0.1) is 0 Å². The van der Waals surface area contributed by atoms with Crippen LogP contribution in [0.4, 0.5) is 0 Å². The van der Waals surface area contributed by atoms with Gasteiger partial charge >= 0.3 is 63.8 Å². The van der Waals surface area contributed by atoms with Gasteiger partial charge in [-0.25, -0.2) is 0 Å². The van der Waals surface area contributed by atoms with Crippen molar-refractivity contribution in [1.29, 1.82) is 0 Å². The van der Waals surface area contributed by atoms with Crippen molar-refractivity contribution in [3.63, 3.8) is 0 Å². The van der Waals surface area contributed by atoms with E-state index in [1.165, 1.54) is 0 Å². The molecule has 0 aromatic heterocycles. The molecule has 0 saturated heterocycles. The third kappa shape index (κ3) is 20.1. The monoisotopic (exact) mass is 324 g/mol. The second-order valence-electron chi connectivity index (χ2n) is 0. The van der Waals surface area contributed by atoms with Crippen LogP contribution in [0.25, 0.3) is 0 Å². The summed E-state index contributed by atoms with van der Waals surface area (Å²) in [6, 6.07) is 0. The van der Waals surface area contributed by atoms with E-state index in [1.54, 1.807) is 0 Å². The normalized spacial score (nSPS) is 0. The van der Waals surface area contributed by atoms with E-state index in [4.69, 9.17) is 0 Å². The summed E-state index contributed by atoms with van der Waals surface area (Å²) >= 11 is 0. The summed E-state index contributed by atoms with van der Waals surface area (Å²) in [5.41, 5.74) is 0. The van der Waals surface area contributed by atoms with Crippen molar-refractivity contribution in [2.75, 3.05) is 0 Å². The van der Waals surface area contributed by atoms with Crippen molar-refractivity contribution in [3.05, 3.63) is 0 Å². The Morgan fingerprint density at radius 3 is 0.800 bits per heavy atom. The largest absolute Gasteiger partial charge is 2.00 e. The van der Waals surface area contributed by atoms with Crippen molar-refractivity contribution in [2.45, 2.75) is 0 Å². The van der Waals surface area contributed by atoms with Gasteiger partial charge in [-0.05, 0) is 0 Å². The summed E-state index contributed by atoms with van der Waals surface area (Å²) in [5, 5.41) is 0. The zero-order valence-corrected chi connectivity index (χ0v) is 13.5. The maximum absolute atomic E-state index is 0. The predicted molar refractivity (Wildman–Crippen MR) is 23.3 cm³/mol. The van der Waals surface area contributed by atoms with Gasteiger partial charge in [0.1, 0.15) is 0 Å². The van der Waals surface area contributed by atoms with Crippen LogP contribution in [-0.4, -0.2) is 17.1 Å². The molecule has 0 saturated carbocycles. The molecule has 0 aliphatic carbocycles. The Morgan fingerprint density at radius 1 is 0.800 bits per heavy atom. The van der Waals surface area contributed by atoms with Gasteiger partial charge in [-0.2, -0.15) is 0 Å². The Labute approximate surface area is 89.5 Å². The molecule has 0 unspecified atom stereocenters. The van der Waals surface area contributed by atoms with Crippen LogP contribution in [0.5, 0.6) is 0 Å². The molecule has 0 spiro atoms. The van der Waals surface area contributed by atoms with Gasteiger partial charge < -0.3 is 27.0 Å². The Hall–Kier alpha value is 2.76. The number of hydrogen-bond acceptors (Lipinski definition) is 0. The summed E-state index contributed by atoms with van der Waals surface area (Å²) in [7, 11) is 0. The Morgan fingerprint density at radius 2 is 0.800 bits per heavy atom. The van der Waals surface area contributed by atoms with Crippen molar-refractivity contribution in [1.82, 2.24) is 0 Å². The minimum atomic E-state index is 0. The maximum atomic E-state index is 0. The molecule has 0 fully saturated rings. The molecule has 5 heavy (non-hydrogen) atoms. The summed E-state index contributed by atoms with van der Waals surface area (Å²) < 4.78 is 0. The van der Waals surface area contributed by atoms with Crippen molar-refractivity contribution >= 4 is 44.1 Å². The molecule has 0 aromatic rings.